The molecule has 1 rings (SSSR count). The monoisotopic (exact) mass is 341 g/mol. The minimum atomic E-state index is -0.0738. The lowest BCUT2D eigenvalue weighted by Gasteiger charge is -2.21. The van der Waals surface area contributed by atoms with E-state index in [1.54, 1.807) is 50.3 Å². The van der Waals surface area contributed by atoms with Gasteiger partial charge in [-0.1, -0.05) is 13.8 Å². The zero-order valence-corrected chi connectivity index (χ0v) is 15.4. The molecule has 0 heterocycles. The van der Waals surface area contributed by atoms with Crippen LogP contribution < -0.4 is 5.73 Å². The van der Waals surface area contributed by atoms with E-state index in [9.17, 15) is 9.59 Å². The summed E-state index contributed by atoms with van der Waals surface area (Å²) in [6, 6.07) is 6.85. The third kappa shape index (κ3) is 6.20. The largest absolute Gasteiger partial charge is 0.345 e. The van der Waals surface area contributed by atoms with Crippen LogP contribution in [0.25, 0.3) is 0 Å². The van der Waals surface area contributed by atoms with Crippen LogP contribution in [0.5, 0.6) is 0 Å². The minimum Gasteiger partial charge on any atom is -0.345 e. The van der Waals surface area contributed by atoms with Crippen molar-refractivity contribution in [1.82, 2.24) is 9.80 Å². The number of hydrogen-bond donors (Lipinski definition) is 1. The van der Waals surface area contributed by atoms with Gasteiger partial charge in [-0.3, -0.25) is 9.59 Å². The summed E-state index contributed by atoms with van der Waals surface area (Å²) >= 11 is 0. The second-order valence-corrected chi connectivity index (χ2v) is 6.20. The van der Waals surface area contributed by atoms with E-state index in [1.807, 2.05) is 0 Å². The van der Waals surface area contributed by atoms with Crippen molar-refractivity contribution in [2.75, 3.05) is 27.7 Å². The van der Waals surface area contributed by atoms with Crippen LogP contribution >= 0.6 is 12.4 Å². The van der Waals surface area contributed by atoms with Crippen LogP contribution in [-0.4, -0.2) is 55.3 Å². The molecule has 23 heavy (non-hydrogen) atoms. The van der Waals surface area contributed by atoms with E-state index in [0.717, 1.165) is 6.42 Å². The van der Waals surface area contributed by atoms with E-state index in [0.29, 0.717) is 23.6 Å². The molecule has 0 saturated carbocycles. The average Bonchev–Trinajstić information content (AvgIpc) is 2.50. The third-order valence-corrected chi connectivity index (χ3v) is 3.79. The standard InChI is InChI=1S/C17H27N3O2.ClH/c1-12(2)15(18)10-11-20(5)17(22)14-8-6-13(7-9-14)16(21)19(3)4;/h6-9,12,15H,10-11,18H2,1-5H3;1H. The summed E-state index contributed by atoms with van der Waals surface area (Å²) in [4.78, 5) is 27.3. The predicted octanol–water partition coefficient (Wildman–Crippen LogP) is 2.26. The molecule has 0 aromatic heterocycles. The second-order valence-electron chi connectivity index (χ2n) is 6.20. The van der Waals surface area contributed by atoms with Crippen molar-refractivity contribution in [3.8, 4) is 0 Å². The Morgan fingerprint density at radius 1 is 1.00 bits per heavy atom. The Hall–Kier alpha value is -1.59. The molecule has 130 valence electrons. The fourth-order valence-electron chi connectivity index (χ4n) is 2.01. The van der Waals surface area contributed by atoms with Gasteiger partial charge in [0, 0.05) is 44.9 Å². The van der Waals surface area contributed by atoms with Gasteiger partial charge in [-0.05, 0) is 36.6 Å². The van der Waals surface area contributed by atoms with Crippen molar-refractivity contribution in [2.24, 2.45) is 11.7 Å². The zero-order chi connectivity index (χ0) is 16.9. The van der Waals surface area contributed by atoms with Gasteiger partial charge in [0.25, 0.3) is 11.8 Å². The van der Waals surface area contributed by atoms with Gasteiger partial charge in [0.15, 0.2) is 0 Å². The zero-order valence-electron chi connectivity index (χ0n) is 14.6. The van der Waals surface area contributed by atoms with Gasteiger partial charge in [-0.2, -0.15) is 0 Å². The minimum absolute atomic E-state index is 0. The molecule has 1 aromatic rings. The number of benzene rings is 1. The molecule has 5 nitrogen and oxygen atoms in total. The fourth-order valence-corrected chi connectivity index (χ4v) is 2.01. The third-order valence-electron chi connectivity index (χ3n) is 3.79. The van der Waals surface area contributed by atoms with Gasteiger partial charge in [-0.25, -0.2) is 0 Å². The maximum Gasteiger partial charge on any atom is 0.253 e. The first-order valence-electron chi connectivity index (χ1n) is 7.56. The molecule has 0 fully saturated rings. The van der Waals surface area contributed by atoms with Gasteiger partial charge in [0.05, 0.1) is 0 Å². The quantitative estimate of drug-likeness (QED) is 0.863. The van der Waals surface area contributed by atoms with Crippen molar-refractivity contribution >= 4 is 24.2 Å². The highest BCUT2D eigenvalue weighted by atomic mass is 35.5. The highest BCUT2D eigenvalue weighted by Crippen LogP contribution is 2.10. The van der Waals surface area contributed by atoms with Gasteiger partial charge >= 0.3 is 0 Å². The van der Waals surface area contributed by atoms with E-state index in [1.165, 1.54) is 4.90 Å². The van der Waals surface area contributed by atoms with Gasteiger partial charge in [0.2, 0.25) is 0 Å². The lowest BCUT2D eigenvalue weighted by molar-refractivity contribution is 0.0786. The Morgan fingerprint density at radius 3 is 1.83 bits per heavy atom. The Bertz CT molecular complexity index is 515. The van der Waals surface area contributed by atoms with Crippen molar-refractivity contribution in [3.05, 3.63) is 35.4 Å². The molecule has 1 unspecified atom stereocenters. The Labute approximate surface area is 145 Å². The second kappa shape index (κ2) is 9.53. The lowest BCUT2D eigenvalue weighted by Crippen LogP contribution is -2.34. The summed E-state index contributed by atoms with van der Waals surface area (Å²) < 4.78 is 0. The molecule has 0 aliphatic heterocycles. The van der Waals surface area contributed by atoms with Crippen LogP contribution in [0.15, 0.2) is 24.3 Å². The SMILES string of the molecule is CC(C)C(N)CCN(C)C(=O)c1ccc(C(=O)N(C)C)cc1.Cl. The summed E-state index contributed by atoms with van der Waals surface area (Å²) in [5, 5.41) is 0. The summed E-state index contributed by atoms with van der Waals surface area (Å²) in [6.07, 6.45) is 0.775. The Morgan fingerprint density at radius 2 is 1.43 bits per heavy atom. The molecule has 0 radical (unpaired) electrons. The number of rotatable bonds is 6. The number of carbonyl (C=O) groups excluding carboxylic acids is 2. The van der Waals surface area contributed by atoms with Crippen LogP contribution in [-0.2, 0) is 0 Å². The fraction of sp³-hybridized carbons (Fsp3) is 0.529. The summed E-state index contributed by atoms with van der Waals surface area (Å²) in [5.74, 6) is 0.273. The number of nitrogens with two attached hydrogens (primary N) is 1. The molecule has 1 aromatic carbocycles. The molecule has 1 atom stereocenters. The first-order chi connectivity index (χ1) is 10.2. The van der Waals surface area contributed by atoms with Crippen LogP contribution in [0, 0.1) is 5.92 Å². The Kier molecular flexibility index (Phi) is 8.87. The highest BCUT2D eigenvalue weighted by Gasteiger charge is 2.15. The van der Waals surface area contributed by atoms with E-state index >= 15 is 0 Å². The first-order valence-corrected chi connectivity index (χ1v) is 7.56. The summed E-state index contributed by atoms with van der Waals surface area (Å²) in [5.41, 5.74) is 7.16. The van der Waals surface area contributed by atoms with E-state index in [2.05, 4.69) is 13.8 Å². The van der Waals surface area contributed by atoms with Gasteiger partial charge in [0.1, 0.15) is 0 Å². The lowest BCUT2D eigenvalue weighted by atomic mass is 10.0. The smallest absolute Gasteiger partial charge is 0.253 e. The summed E-state index contributed by atoms with van der Waals surface area (Å²) in [6.45, 7) is 4.77. The molecular weight excluding hydrogens is 314 g/mol. The predicted molar refractivity (Wildman–Crippen MR) is 96.1 cm³/mol. The number of carbonyl (C=O) groups is 2. The molecule has 0 spiro atoms. The van der Waals surface area contributed by atoms with Gasteiger partial charge in [-0.15, -0.1) is 12.4 Å². The van der Waals surface area contributed by atoms with Gasteiger partial charge < -0.3 is 15.5 Å². The molecule has 0 bridgehead atoms. The molecule has 0 aliphatic carbocycles. The average molecular weight is 342 g/mol. The van der Waals surface area contributed by atoms with E-state index in [4.69, 9.17) is 5.73 Å². The van der Waals surface area contributed by atoms with Crippen molar-refractivity contribution in [3.63, 3.8) is 0 Å². The Balaban J connectivity index is 0.00000484. The van der Waals surface area contributed by atoms with Crippen LogP contribution in [0.1, 0.15) is 41.0 Å². The van der Waals surface area contributed by atoms with E-state index in [-0.39, 0.29) is 30.3 Å². The van der Waals surface area contributed by atoms with Crippen LogP contribution in [0.4, 0.5) is 0 Å². The molecule has 0 aliphatic rings. The van der Waals surface area contributed by atoms with Crippen molar-refractivity contribution in [2.45, 2.75) is 26.3 Å². The molecule has 2 N–H and O–H groups in total. The number of amides is 2. The number of halogens is 1. The van der Waals surface area contributed by atoms with Crippen molar-refractivity contribution in [1.29, 1.82) is 0 Å². The number of hydrogen-bond acceptors (Lipinski definition) is 3. The van der Waals surface area contributed by atoms with Crippen LogP contribution in [0.3, 0.4) is 0 Å². The molecule has 0 saturated heterocycles. The maximum absolute atomic E-state index is 12.3. The molecule has 2 amide bonds. The topological polar surface area (TPSA) is 66.6 Å². The van der Waals surface area contributed by atoms with Crippen molar-refractivity contribution < 1.29 is 9.59 Å². The molecular formula is C17H28ClN3O2. The normalized spacial score (nSPS) is 11.6. The van der Waals surface area contributed by atoms with Crippen LogP contribution in [0.2, 0.25) is 0 Å². The number of nitrogens with zero attached hydrogens (tertiary/aromatic N) is 2. The highest BCUT2D eigenvalue weighted by molar-refractivity contribution is 5.97. The molecule has 6 heteroatoms. The maximum atomic E-state index is 12.3. The first kappa shape index (κ1) is 21.4. The van der Waals surface area contributed by atoms with E-state index < -0.39 is 0 Å². The summed E-state index contributed by atoms with van der Waals surface area (Å²) in [7, 11) is 5.18.